The summed E-state index contributed by atoms with van der Waals surface area (Å²) in [7, 11) is 0. The van der Waals surface area contributed by atoms with Crippen molar-refractivity contribution in [3.05, 3.63) is 95.8 Å². The van der Waals surface area contributed by atoms with Gasteiger partial charge >= 0.3 is 0 Å². The number of thioether (sulfide) groups is 1. The molecule has 1 aromatic heterocycles. The first-order chi connectivity index (χ1) is 15.5. The van der Waals surface area contributed by atoms with Crippen molar-refractivity contribution < 1.29 is 4.79 Å². The smallest absolute Gasteiger partial charge is 0.230 e. The summed E-state index contributed by atoms with van der Waals surface area (Å²) in [6, 6.07) is 26.7. The van der Waals surface area contributed by atoms with Gasteiger partial charge in [0.15, 0.2) is 5.16 Å². The fourth-order valence-corrected chi connectivity index (χ4v) is 4.40. The zero-order chi connectivity index (χ0) is 22.5. The van der Waals surface area contributed by atoms with Crippen molar-refractivity contribution >= 4 is 17.7 Å². The molecule has 6 heteroatoms. The molecule has 4 aromatic rings. The third kappa shape index (κ3) is 5.08. The lowest BCUT2D eigenvalue weighted by Crippen LogP contribution is -2.28. The molecule has 0 bridgehead atoms. The van der Waals surface area contributed by atoms with Crippen molar-refractivity contribution in [2.24, 2.45) is 0 Å². The molecule has 1 atom stereocenters. The number of nitrogens with one attached hydrogen (secondary N) is 1. The van der Waals surface area contributed by atoms with Crippen LogP contribution in [0, 0.1) is 13.8 Å². The van der Waals surface area contributed by atoms with E-state index in [1.165, 1.54) is 17.3 Å². The second kappa shape index (κ2) is 9.83. The molecular formula is C26H26N4OS. The Morgan fingerprint density at radius 1 is 0.938 bits per heavy atom. The highest BCUT2D eigenvalue weighted by atomic mass is 32.2. The number of carbonyl (C=O) groups is 1. The maximum Gasteiger partial charge on any atom is 0.230 e. The van der Waals surface area contributed by atoms with E-state index in [1.54, 1.807) is 0 Å². The standard InChI is InChI=1S/C26H26N4OS/c1-18-8-7-11-24(16-18)30-20(3)28-29-26(30)32-17-25(31)27-19(2)21-12-14-23(15-13-21)22-9-5-4-6-10-22/h4-16,19H,17H2,1-3H3,(H,27,31). The number of aryl methyl sites for hydroxylation is 2. The maximum atomic E-state index is 12.6. The quantitative estimate of drug-likeness (QED) is 0.383. The Kier molecular flexibility index (Phi) is 6.71. The van der Waals surface area contributed by atoms with Crippen LogP contribution in [0.4, 0.5) is 0 Å². The molecule has 0 spiro atoms. The van der Waals surface area contributed by atoms with Crippen LogP contribution in [0.3, 0.4) is 0 Å². The van der Waals surface area contributed by atoms with E-state index in [0.717, 1.165) is 28.2 Å². The first-order valence-corrected chi connectivity index (χ1v) is 11.6. The van der Waals surface area contributed by atoms with Crippen molar-refractivity contribution in [1.29, 1.82) is 0 Å². The van der Waals surface area contributed by atoms with Gasteiger partial charge in [0.25, 0.3) is 0 Å². The second-order valence-corrected chi connectivity index (χ2v) is 8.71. The number of rotatable bonds is 7. The van der Waals surface area contributed by atoms with Crippen LogP contribution in [0.1, 0.15) is 29.9 Å². The lowest BCUT2D eigenvalue weighted by atomic mass is 10.0. The average molecular weight is 443 g/mol. The Morgan fingerprint density at radius 3 is 2.38 bits per heavy atom. The Balaban J connectivity index is 1.38. The van der Waals surface area contributed by atoms with Gasteiger partial charge in [-0.25, -0.2) is 0 Å². The maximum absolute atomic E-state index is 12.6. The van der Waals surface area contributed by atoms with Gasteiger partial charge in [-0.1, -0.05) is 78.5 Å². The van der Waals surface area contributed by atoms with E-state index >= 15 is 0 Å². The molecule has 4 rings (SSSR count). The van der Waals surface area contributed by atoms with Crippen LogP contribution in [0.5, 0.6) is 0 Å². The van der Waals surface area contributed by atoms with Gasteiger partial charge in [-0.3, -0.25) is 9.36 Å². The normalized spacial score (nSPS) is 11.8. The molecule has 1 amide bonds. The van der Waals surface area contributed by atoms with Crippen LogP contribution < -0.4 is 5.32 Å². The summed E-state index contributed by atoms with van der Waals surface area (Å²) in [6.07, 6.45) is 0. The van der Waals surface area contributed by atoms with Gasteiger partial charge in [0.2, 0.25) is 5.91 Å². The Hall–Kier alpha value is -3.38. The molecule has 0 radical (unpaired) electrons. The van der Waals surface area contributed by atoms with Crippen molar-refractivity contribution in [3.8, 4) is 16.8 Å². The second-order valence-electron chi connectivity index (χ2n) is 7.77. The molecule has 32 heavy (non-hydrogen) atoms. The van der Waals surface area contributed by atoms with Crippen molar-refractivity contribution in [2.75, 3.05) is 5.75 Å². The summed E-state index contributed by atoms with van der Waals surface area (Å²) in [6.45, 7) is 5.97. The van der Waals surface area contributed by atoms with Crippen molar-refractivity contribution in [2.45, 2.75) is 32.0 Å². The van der Waals surface area contributed by atoms with Crippen molar-refractivity contribution in [3.63, 3.8) is 0 Å². The van der Waals surface area contributed by atoms with Crippen molar-refractivity contribution in [1.82, 2.24) is 20.1 Å². The molecule has 1 N–H and O–H groups in total. The molecule has 0 saturated carbocycles. The number of amides is 1. The third-order valence-corrected chi connectivity index (χ3v) is 6.21. The van der Waals surface area contributed by atoms with E-state index in [2.05, 4.69) is 71.0 Å². The summed E-state index contributed by atoms with van der Waals surface area (Å²) in [4.78, 5) is 12.6. The molecule has 5 nitrogen and oxygen atoms in total. The molecular weight excluding hydrogens is 416 g/mol. The van der Waals surface area contributed by atoms with Gasteiger partial charge in [0.05, 0.1) is 11.8 Å². The number of carbonyl (C=O) groups excluding carboxylic acids is 1. The summed E-state index contributed by atoms with van der Waals surface area (Å²) < 4.78 is 1.98. The van der Waals surface area contributed by atoms with Gasteiger partial charge in [-0.15, -0.1) is 10.2 Å². The molecule has 0 fully saturated rings. The first kappa shape index (κ1) is 21.8. The predicted octanol–water partition coefficient (Wildman–Crippen LogP) is 5.52. The topological polar surface area (TPSA) is 59.8 Å². The van der Waals surface area contributed by atoms with Gasteiger partial charge < -0.3 is 5.32 Å². The fraction of sp³-hybridized carbons (Fsp3) is 0.192. The highest BCUT2D eigenvalue weighted by Crippen LogP contribution is 2.24. The Morgan fingerprint density at radius 2 is 1.66 bits per heavy atom. The van der Waals surface area contributed by atoms with Gasteiger partial charge in [-0.05, 0) is 55.2 Å². The highest BCUT2D eigenvalue weighted by Gasteiger charge is 2.15. The summed E-state index contributed by atoms with van der Waals surface area (Å²) in [5, 5.41) is 12.3. The minimum Gasteiger partial charge on any atom is -0.349 e. The van der Waals surface area contributed by atoms with Gasteiger partial charge in [0, 0.05) is 5.69 Å². The first-order valence-electron chi connectivity index (χ1n) is 10.6. The third-order valence-electron chi connectivity index (χ3n) is 5.28. The van der Waals surface area contributed by atoms with E-state index in [-0.39, 0.29) is 17.7 Å². The Bertz CT molecular complexity index is 1200. The molecule has 3 aromatic carbocycles. The summed E-state index contributed by atoms with van der Waals surface area (Å²) >= 11 is 1.39. The highest BCUT2D eigenvalue weighted by molar-refractivity contribution is 7.99. The van der Waals surface area contributed by atoms with E-state index in [4.69, 9.17) is 0 Å². The number of aromatic nitrogens is 3. The summed E-state index contributed by atoms with van der Waals surface area (Å²) in [5.74, 6) is 1.03. The summed E-state index contributed by atoms with van der Waals surface area (Å²) in [5.41, 5.74) is 5.58. The zero-order valence-corrected chi connectivity index (χ0v) is 19.3. The molecule has 1 heterocycles. The monoisotopic (exact) mass is 442 g/mol. The molecule has 0 aliphatic rings. The average Bonchev–Trinajstić information content (AvgIpc) is 3.18. The molecule has 1 unspecified atom stereocenters. The fourth-order valence-electron chi connectivity index (χ4n) is 3.59. The van der Waals surface area contributed by atoms with E-state index in [9.17, 15) is 4.79 Å². The largest absolute Gasteiger partial charge is 0.349 e. The molecule has 162 valence electrons. The predicted molar refractivity (Wildman–Crippen MR) is 130 cm³/mol. The lowest BCUT2D eigenvalue weighted by molar-refractivity contribution is -0.119. The number of nitrogens with zero attached hydrogens (tertiary/aromatic N) is 3. The minimum atomic E-state index is -0.0793. The minimum absolute atomic E-state index is 0.0360. The van der Waals surface area contributed by atoms with Gasteiger partial charge in [-0.2, -0.15) is 0 Å². The molecule has 0 aliphatic carbocycles. The van der Waals surface area contributed by atoms with Crippen LogP contribution in [-0.4, -0.2) is 26.4 Å². The van der Waals surface area contributed by atoms with E-state index in [1.807, 2.05) is 48.7 Å². The van der Waals surface area contributed by atoms with Crippen LogP contribution in [0.25, 0.3) is 16.8 Å². The zero-order valence-electron chi connectivity index (χ0n) is 18.4. The number of benzene rings is 3. The van der Waals surface area contributed by atoms with Crippen LogP contribution >= 0.6 is 11.8 Å². The SMILES string of the molecule is Cc1cccc(-n2c(C)nnc2SCC(=O)NC(C)c2ccc(-c3ccccc3)cc2)c1. The molecule has 0 saturated heterocycles. The van der Waals surface area contributed by atoms with E-state index in [0.29, 0.717) is 5.16 Å². The lowest BCUT2D eigenvalue weighted by Gasteiger charge is -2.15. The number of hydrogen-bond acceptors (Lipinski definition) is 4. The molecule has 0 aliphatic heterocycles. The van der Waals surface area contributed by atoms with Crippen LogP contribution in [0.2, 0.25) is 0 Å². The van der Waals surface area contributed by atoms with Gasteiger partial charge in [0.1, 0.15) is 5.82 Å². The van der Waals surface area contributed by atoms with E-state index < -0.39 is 0 Å². The Labute approximate surface area is 192 Å². The van der Waals surface area contributed by atoms with Crippen LogP contribution in [-0.2, 0) is 4.79 Å². The number of hydrogen-bond donors (Lipinski definition) is 1. The van der Waals surface area contributed by atoms with Crippen LogP contribution in [0.15, 0.2) is 84.0 Å².